The van der Waals surface area contributed by atoms with Gasteiger partial charge in [-0.05, 0) is 62.3 Å². The van der Waals surface area contributed by atoms with Crippen LogP contribution in [0.3, 0.4) is 0 Å². The molecule has 0 bridgehead atoms. The molecule has 0 amide bonds. The summed E-state index contributed by atoms with van der Waals surface area (Å²) < 4.78 is 30.0. The first-order valence-electron chi connectivity index (χ1n) is 8.15. The lowest BCUT2D eigenvalue weighted by Crippen LogP contribution is -2.49. The van der Waals surface area contributed by atoms with Gasteiger partial charge in [0.2, 0.25) is 0 Å². The van der Waals surface area contributed by atoms with Crippen molar-refractivity contribution in [3.8, 4) is 0 Å². The Kier molecular flexibility index (Phi) is 4.43. The lowest BCUT2D eigenvalue weighted by Gasteiger charge is -2.35. The molecule has 1 aliphatic carbocycles. The maximum Gasteiger partial charge on any atom is 0.280 e. The number of anilines is 1. The first-order chi connectivity index (χ1) is 10.5. The Hall–Kier alpha value is -1.11. The highest BCUT2D eigenvalue weighted by Gasteiger charge is 2.32. The minimum absolute atomic E-state index is 0.0840. The molecule has 2 aliphatic rings. The van der Waals surface area contributed by atoms with Gasteiger partial charge in [-0.2, -0.15) is 17.4 Å². The van der Waals surface area contributed by atoms with E-state index >= 15 is 0 Å². The minimum Gasteiger partial charge on any atom is -0.399 e. The summed E-state index contributed by atoms with van der Waals surface area (Å²) in [4.78, 5) is 0. The number of nitrogens with two attached hydrogens (primary N) is 1. The predicted octanol–water partition coefficient (Wildman–Crippen LogP) is 2.35. The topological polar surface area (TPSA) is 75.4 Å². The Morgan fingerprint density at radius 2 is 2.05 bits per heavy atom. The van der Waals surface area contributed by atoms with Crippen molar-refractivity contribution < 1.29 is 8.42 Å². The molecule has 6 heteroatoms. The fourth-order valence-electron chi connectivity index (χ4n) is 3.63. The van der Waals surface area contributed by atoms with Crippen LogP contribution >= 0.6 is 0 Å². The van der Waals surface area contributed by atoms with Gasteiger partial charge in [0.25, 0.3) is 10.2 Å². The van der Waals surface area contributed by atoms with Crippen LogP contribution in [0.15, 0.2) is 18.2 Å². The van der Waals surface area contributed by atoms with Gasteiger partial charge in [0.05, 0.1) is 0 Å². The van der Waals surface area contributed by atoms with E-state index in [1.165, 1.54) is 5.56 Å². The Morgan fingerprint density at radius 3 is 2.82 bits per heavy atom. The highest BCUT2D eigenvalue weighted by molar-refractivity contribution is 7.87. The monoisotopic (exact) mass is 323 g/mol. The molecule has 1 aromatic carbocycles. The minimum atomic E-state index is -3.43. The third kappa shape index (κ3) is 3.14. The van der Waals surface area contributed by atoms with Gasteiger partial charge in [0, 0.05) is 24.3 Å². The largest absolute Gasteiger partial charge is 0.399 e. The van der Waals surface area contributed by atoms with Crippen molar-refractivity contribution in [1.82, 2.24) is 9.03 Å². The van der Waals surface area contributed by atoms with Crippen LogP contribution in [0, 0.1) is 0 Å². The molecule has 0 radical (unpaired) electrons. The molecule has 1 aromatic rings. The van der Waals surface area contributed by atoms with E-state index in [2.05, 4.69) is 4.72 Å². The summed E-state index contributed by atoms with van der Waals surface area (Å²) >= 11 is 0. The number of aryl methyl sites for hydroxylation is 1. The van der Waals surface area contributed by atoms with Crippen molar-refractivity contribution in [3.63, 3.8) is 0 Å². The molecule has 2 atom stereocenters. The standard InChI is InChI=1S/C16H25N3O2S/c1-12-5-2-3-10-19(12)22(20,21)18-16-7-4-6-13-11-14(17)8-9-15(13)16/h8-9,11-12,16,18H,2-7,10,17H2,1H3. The van der Waals surface area contributed by atoms with Crippen molar-refractivity contribution in [3.05, 3.63) is 29.3 Å². The molecule has 1 aliphatic heterocycles. The van der Waals surface area contributed by atoms with Crippen LogP contribution in [0.1, 0.15) is 56.2 Å². The van der Waals surface area contributed by atoms with E-state index in [1.807, 2.05) is 25.1 Å². The SMILES string of the molecule is CC1CCCCN1S(=O)(=O)NC1CCCc2cc(N)ccc21. The van der Waals surface area contributed by atoms with Gasteiger partial charge < -0.3 is 5.73 Å². The average Bonchev–Trinajstić information content (AvgIpc) is 2.47. The third-order valence-corrected chi connectivity index (χ3v) is 6.57. The van der Waals surface area contributed by atoms with Crippen molar-refractivity contribution in [2.45, 2.75) is 57.5 Å². The number of nitrogens with zero attached hydrogens (tertiary/aromatic N) is 1. The molecular formula is C16H25N3O2S. The third-order valence-electron chi connectivity index (χ3n) is 4.82. The summed E-state index contributed by atoms with van der Waals surface area (Å²) in [5.74, 6) is 0. The molecule has 22 heavy (non-hydrogen) atoms. The van der Waals surface area contributed by atoms with Gasteiger partial charge in [0.15, 0.2) is 0 Å². The molecule has 0 aromatic heterocycles. The van der Waals surface area contributed by atoms with Gasteiger partial charge >= 0.3 is 0 Å². The molecule has 0 saturated carbocycles. The highest BCUT2D eigenvalue weighted by atomic mass is 32.2. The molecule has 5 nitrogen and oxygen atoms in total. The zero-order valence-electron chi connectivity index (χ0n) is 13.1. The zero-order chi connectivity index (χ0) is 15.7. The summed E-state index contributed by atoms with van der Waals surface area (Å²) in [6, 6.07) is 5.74. The summed E-state index contributed by atoms with van der Waals surface area (Å²) in [5.41, 5.74) is 8.83. The highest BCUT2D eigenvalue weighted by Crippen LogP contribution is 2.32. The van der Waals surface area contributed by atoms with Crippen LogP contribution in [0.5, 0.6) is 0 Å². The molecule has 2 unspecified atom stereocenters. The number of fused-ring (bicyclic) bond motifs is 1. The van der Waals surface area contributed by atoms with E-state index < -0.39 is 10.2 Å². The van der Waals surface area contributed by atoms with E-state index in [1.54, 1.807) is 4.31 Å². The second-order valence-corrected chi connectivity index (χ2v) is 8.14. The Labute approximate surface area is 133 Å². The van der Waals surface area contributed by atoms with Crippen LogP contribution in [-0.4, -0.2) is 25.3 Å². The molecule has 1 fully saturated rings. The Bertz CT molecular complexity index is 645. The van der Waals surface area contributed by atoms with Gasteiger partial charge in [-0.15, -0.1) is 0 Å². The van der Waals surface area contributed by atoms with Crippen LogP contribution < -0.4 is 10.5 Å². The van der Waals surface area contributed by atoms with Crippen molar-refractivity contribution in [2.24, 2.45) is 0 Å². The maximum atomic E-state index is 12.7. The summed E-state index contributed by atoms with van der Waals surface area (Å²) in [7, 11) is -3.43. The number of benzene rings is 1. The number of nitrogens with one attached hydrogen (secondary N) is 1. The number of hydrogen-bond donors (Lipinski definition) is 2. The summed E-state index contributed by atoms with van der Waals surface area (Å²) in [5, 5.41) is 0. The van der Waals surface area contributed by atoms with Crippen molar-refractivity contribution in [1.29, 1.82) is 0 Å². The smallest absolute Gasteiger partial charge is 0.280 e. The van der Waals surface area contributed by atoms with Crippen LogP contribution in [0.2, 0.25) is 0 Å². The zero-order valence-corrected chi connectivity index (χ0v) is 13.9. The Balaban J connectivity index is 1.81. The lowest BCUT2D eigenvalue weighted by atomic mass is 9.88. The van der Waals surface area contributed by atoms with Crippen LogP contribution in [0.25, 0.3) is 0 Å². The second kappa shape index (κ2) is 6.18. The Morgan fingerprint density at radius 1 is 1.23 bits per heavy atom. The predicted molar refractivity (Wildman–Crippen MR) is 88.6 cm³/mol. The van der Waals surface area contributed by atoms with E-state index in [9.17, 15) is 8.42 Å². The average molecular weight is 323 g/mol. The van der Waals surface area contributed by atoms with Crippen LogP contribution in [0.4, 0.5) is 5.69 Å². The number of piperidine rings is 1. The molecule has 3 rings (SSSR count). The maximum absolute atomic E-state index is 12.7. The molecule has 1 heterocycles. The number of rotatable bonds is 3. The number of hydrogen-bond acceptors (Lipinski definition) is 3. The fourth-order valence-corrected chi connectivity index (χ4v) is 5.32. The molecule has 3 N–H and O–H groups in total. The lowest BCUT2D eigenvalue weighted by molar-refractivity contribution is 0.263. The quantitative estimate of drug-likeness (QED) is 0.839. The van der Waals surface area contributed by atoms with Crippen LogP contribution in [-0.2, 0) is 16.6 Å². The van der Waals surface area contributed by atoms with E-state index in [4.69, 9.17) is 5.73 Å². The van der Waals surface area contributed by atoms with Crippen molar-refractivity contribution >= 4 is 15.9 Å². The normalized spacial score (nSPS) is 26.6. The second-order valence-electron chi connectivity index (χ2n) is 6.48. The molecular weight excluding hydrogens is 298 g/mol. The molecule has 1 saturated heterocycles. The first kappa shape index (κ1) is 15.8. The first-order valence-corrected chi connectivity index (χ1v) is 9.59. The van der Waals surface area contributed by atoms with Gasteiger partial charge in [-0.1, -0.05) is 12.5 Å². The van der Waals surface area contributed by atoms with Gasteiger partial charge in [-0.3, -0.25) is 0 Å². The van der Waals surface area contributed by atoms with Gasteiger partial charge in [-0.25, -0.2) is 0 Å². The number of nitrogen functional groups attached to an aromatic ring is 1. The molecule has 0 spiro atoms. The fraction of sp³-hybridized carbons (Fsp3) is 0.625. The summed E-state index contributed by atoms with van der Waals surface area (Å²) in [6.45, 7) is 2.62. The molecule has 122 valence electrons. The van der Waals surface area contributed by atoms with E-state index in [-0.39, 0.29) is 12.1 Å². The van der Waals surface area contributed by atoms with E-state index in [0.717, 1.165) is 49.8 Å². The van der Waals surface area contributed by atoms with Gasteiger partial charge in [0.1, 0.15) is 0 Å². The summed E-state index contributed by atoms with van der Waals surface area (Å²) in [6.07, 6.45) is 5.80. The van der Waals surface area contributed by atoms with E-state index in [0.29, 0.717) is 6.54 Å². The van der Waals surface area contributed by atoms with Crippen molar-refractivity contribution in [2.75, 3.05) is 12.3 Å².